The van der Waals surface area contributed by atoms with Crippen LogP contribution in [0.25, 0.3) is 0 Å². The first-order valence-corrected chi connectivity index (χ1v) is 3.33. The first-order chi connectivity index (χ1) is 4.79. The Kier molecular flexibility index (Phi) is 2.50. The number of rotatable bonds is 2. The molecule has 0 spiro atoms. The van der Waals surface area contributed by atoms with Crippen LogP contribution in [0.15, 0.2) is 0 Å². The van der Waals surface area contributed by atoms with Gasteiger partial charge in [-0.2, -0.15) is 0 Å². The Balaban J connectivity index is 2.07. The Labute approximate surface area is 59.3 Å². The number of carbonyl (C=O) groups excluding carboxylic acids is 1. The van der Waals surface area contributed by atoms with Crippen molar-refractivity contribution in [2.24, 2.45) is 5.73 Å². The number of amides is 1. The second-order valence-electron chi connectivity index (χ2n) is 2.27. The second kappa shape index (κ2) is 3.41. The Morgan fingerprint density at radius 2 is 2.60 bits per heavy atom. The van der Waals surface area contributed by atoms with Crippen molar-refractivity contribution in [3.05, 3.63) is 0 Å². The van der Waals surface area contributed by atoms with E-state index < -0.39 is 6.09 Å². The van der Waals surface area contributed by atoms with E-state index >= 15 is 0 Å². The van der Waals surface area contributed by atoms with E-state index in [0.29, 0.717) is 6.61 Å². The van der Waals surface area contributed by atoms with Crippen LogP contribution in [0.3, 0.4) is 0 Å². The third kappa shape index (κ3) is 2.23. The number of hydrogen-bond donors (Lipinski definition) is 1. The van der Waals surface area contributed by atoms with Crippen LogP contribution in [0.1, 0.15) is 12.8 Å². The summed E-state index contributed by atoms with van der Waals surface area (Å²) < 4.78 is 9.71. The van der Waals surface area contributed by atoms with E-state index in [0.717, 1.165) is 19.4 Å². The quantitative estimate of drug-likeness (QED) is 0.606. The van der Waals surface area contributed by atoms with Gasteiger partial charge >= 0.3 is 6.09 Å². The van der Waals surface area contributed by atoms with Crippen molar-refractivity contribution in [1.29, 1.82) is 0 Å². The molecule has 0 aliphatic carbocycles. The fraction of sp³-hybridized carbons (Fsp3) is 0.833. The molecule has 0 bridgehead atoms. The summed E-state index contributed by atoms with van der Waals surface area (Å²) in [6.07, 6.45) is 1.36. The Bertz CT molecular complexity index is 120. The van der Waals surface area contributed by atoms with Gasteiger partial charge in [0.25, 0.3) is 0 Å². The lowest BCUT2D eigenvalue weighted by molar-refractivity contribution is 0.0470. The van der Waals surface area contributed by atoms with Crippen molar-refractivity contribution in [3.8, 4) is 0 Å². The molecule has 0 aromatic carbocycles. The monoisotopic (exact) mass is 145 g/mol. The molecule has 2 N–H and O–H groups in total. The van der Waals surface area contributed by atoms with Crippen molar-refractivity contribution in [3.63, 3.8) is 0 Å². The van der Waals surface area contributed by atoms with Gasteiger partial charge in [0.05, 0.1) is 6.10 Å². The van der Waals surface area contributed by atoms with Gasteiger partial charge in [0.2, 0.25) is 0 Å². The maximum Gasteiger partial charge on any atom is 0.404 e. The molecule has 1 atom stereocenters. The molecule has 1 rings (SSSR count). The second-order valence-corrected chi connectivity index (χ2v) is 2.27. The molecule has 1 saturated heterocycles. The van der Waals surface area contributed by atoms with E-state index in [4.69, 9.17) is 10.5 Å². The molecule has 1 aliphatic heterocycles. The number of carbonyl (C=O) groups is 1. The van der Waals surface area contributed by atoms with Crippen LogP contribution in [-0.4, -0.2) is 25.4 Å². The maximum absolute atomic E-state index is 10.1. The predicted octanol–water partition coefficient (Wildman–Crippen LogP) is 0.261. The van der Waals surface area contributed by atoms with Crippen LogP contribution in [0.4, 0.5) is 4.79 Å². The molecule has 0 radical (unpaired) electrons. The highest BCUT2D eigenvalue weighted by molar-refractivity contribution is 5.64. The smallest absolute Gasteiger partial charge is 0.404 e. The molecular weight excluding hydrogens is 134 g/mol. The van der Waals surface area contributed by atoms with Gasteiger partial charge in [-0.15, -0.1) is 0 Å². The normalized spacial score (nSPS) is 24.6. The molecule has 0 unspecified atom stereocenters. The molecule has 4 heteroatoms. The number of primary amides is 1. The van der Waals surface area contributed by atoms with Crippen LogP contribution in [-0.2, 0) is 9.47 Å². The lowest BCUT2D eigenvalue weighted by Gasteiger charge is -2.07. The third-order valence-corrected chi connectivity index (χ3v) is 1.44. The fourth-order valence-electron chi connectivity index (χ4n) is 0.951. The molecule has 0 saturated carbocycles. The Hall–Kier alpha value is -0.770. The molecule has 58 valence electrons. The van der Waals surface area contributed by atoms with E-state index in [1.165, 1.54) is 0 Å². The van der Waals surface area contributed by atoms with E-state index in [9.17, 15) is 4.79 Å². The predicted molar refractivity (Wildman–Crippen MR) is 34.5 cm³/mol. The summed E-state index contributed by atoms with van der Waals surface area (Å²) in [5.41, 5.74) is 4.75. The molecule has 1 amide bonds. The largest absolute Gasteiger partial charge is 0.447 e. The van der Waals surface area contributed by atoms with E-state index in [1.54, 1.807) is 0 Å². The summed E-state index contributed by atoms with van der Waals surface area (Å²) in [6.45, 7) is 1.07. The first-order valence-electron chi connectivity index (χ1n) is 3.33. The topological polar surface area (TPSA) is 61.6 Å². The van der Waals surface area contributed by atoms with E-state index in [2.05, 4.69) is 4.74 Å². The Morgan fingerprint density at radius 1 is 1.80 bits per heavy atom. The zero-order valence-corrected chi connectivity index (χ0v) is 5.71. The number of ether oxygens (including phenoxy) is 2. The van der Waals surface area contributed by atoms with Crippen molar-refractivity contribution >= 4 is 6.09 Å². The highest BCUT2D eigenvalue weighted by Gasteiger charge is 2.16. The van der Waals surface area contributed by atoms with Crippen molar-refractivity contribution in [2.75, 3.05) is 13.2 Å². The van der Waals surface area contributed by atoms with Crippen LogP contribution in [0.5, 0.6) is 0 Å². The van der Waals surface area contributed by atoms with E-state index in [-0.39, 0.29) is 6.10 Å². The van der Waals surface area contributed by atoms with Gasteiger partial charge < -0.3 is 15.2 Å². The minimum absolute atomic E-state index is 0.0764. The van der Waals surface area contributed by atoms with Crippen molar-refractivity contribution in [1.82, 2.24) is 0 Å². The highest BCUT2D eigenvalue weighted by Crippen LogP contribution is 2.11. The zero-order valence-electron chi connectivity index (χ0n) is 5.71. The molecule has 4 nitrogen and oxygen atoms in total. The van der Waals surface area contributed by atoms with Gasteiger partial charge in [-0.3, -0.25) is 0 Å². The van der Waals surface area contributed by atoms with Crippen molar-refractivity contribution < 1.29 is 14.3 Å². The average Bonchev–Trinajstić information content (AvgIpc) is 2.34. The van der Waals surface area contributed by atoms with Crippen LogP contribution < -0.4 is 5.73 Å². The van der Waals surface area contributed by atoms with Crippen LogP contribution >= 0.6 is 0 Å². The van der Waals surface area contributed by atoms with Gasteiger partial charge in [-0.05, 0) is 12.8 Å². The summed E-state index contributed by atoms with van der Waals surface area (Å²) in [6, 6.07) is 0. The lowest BCUT2D eigenvalue weighted by atomic mass is 10.2. The van der Waals surface area contributed by atoms with E-state index in [1.807, 2.05) is 0 Å². The highest BCUT2D eigenvalue weighted by atomic mass is 16.6. The molecule has 1 fully saturated rings. The molecule has 0 aromatic heterocycles. The van der Waals surface area contributed by atoms with Crippen molar-refractivity contribution in [2.45, 2.75) is 18.9 Å². The minimum Gasteiger partial charge on any atom is -0.447 e. The SMILES string of the molecule is NC(=O)OC[C@H]1CCCO1. The Morgan fingerprint density at radius 3 is 3.10 bits per heavy atom. The van der Waals surface area contributed by atoms with Gasteiger partial charge in [-0.1, -0.05) is 0 Å². The summed E-state index contributed by atoms with van der Waals surface area (Å²) >= 11 is 0. The standard InChI is InChI=1S/C6H11NO3/c7-6(8)10-4-5-2-1-3-9-5/h5H,1-4H2,(H2,7,8)/t5-/m1/s1. The van der Waals surface area contributed by atoms with Crippen LogP contribution in [0.2, 0.25) is 0 Å². The molecule has 1 aliphatic rings. The van der Waals surface area contributed by atoms with Gasteiger partial charge in [0, 0.05) is 6.61 Å². The summed E-state index contributed by atoms with van der Waals surface area (Å²) in [7, 11) is 0. The molecular formula is C6H11NO3. The van der Waals surface area contributed by atoms with Gasteiger partial charge in [-0.25, -0.2) is 4.79 Å². The minimum atomic E-state index is -0.726. The third-order valence-electron chi connectivity index (χ3n) is 1.44. The summed E-state index contributed by atoms with van der Waals surface area (Å²) in [5.74, 6) is 0. The number of hydrogen-bond acceptors (Lipinski definition) is 3. The summed E-state index contributed by atoms with van der Waals surface area (Å²) in [5, 5.41) is 0. The summed E-state index contributed by atoms with van der Waals surface area (Å²) in [4.78, 5) is 10.1. The van der Waals surface area contributed by atoms with Crippen LogP contribution in [0, 0.1) is 0 Å². The maximum atomic E-state index is 10.1. The fourth-order valence-corrected chi connectivity index (χ4v) is 0.951. The number of nitrogens with two attached hydrogens (primary N) is 1. The van der Waals surface area contributed by atoms with Gasteiger partial charge in [0.1, 0.15) is 6.61 Å². The first kappa shape index (κ1) is 7.34. The molecule has 10 heavy (non-hydrogen) atoms. The zero-order chi connectivity index (χ0) is 7.40. The lowest BCUT2D eigenvalue weighted by Crippen LogP contribution is -2.21. The molecule has 0 aromatic rings. The average molecular weight is 145 g/mol. The van der Waals surface area contributed by atoms with Gasteiger partial charge in [0.15, 0.2) is 0 Å². The molecule has 1 heterocycles.